The maximum absolute atomic E-state index is 12.8. The van der Waals surface area contributed by atoms with Crippen LogP contribution in [0.1, 0.15) is 77.0 Å². The van der Waals surface area contributed by atoms with Crippen LogP contribution < -0.4 is 0 Å². The number of hydrogen-bond donors (Lipinski definition) is 0. The SMILES string of the molecule is O=S1C=C(C23CC4CC(CC(C4)C2)C3)C(C23CC4CC(CC(C4)C2)C3)=C1. The van der Waals surface area contributed by atoms with Crippen LogP contribution in [0.5, 0.6) is 0 Å². The van der Waals surface area contributed by atoms with E-state index >= 15 is 0 Å². The predicted octanol–water partition coefficient (Wildman–Crippen LogP) is 5.95. The van der Waals surface area contributed by atoms with E-state index in [1.54, 1.807) is 11.1 Å². The van der Waals surface area contributed by atoms with Gasteiger partial charge in [0, 0.05) is 10.8 Å². The first-order valence-electron chi connectivity index (χ1n) is 11.4. The molecular weight excluding hydrogens is 336 g/mol. The molecule has 1 heterocycles. The molecule has 0 aromatic carbocycles. The molecule has 2 heteroatoms. The molecule has 8 aliphatic carbocycles. The van der Waals surface area contributed by atoms with Crippen molar-refractivity contribution in [2.75, 3.05) is 0 Å². The largest absolute Gasteiger partial charge is 0.250 e. The Morgan fingerprint density at radius 3 is 1.12 bits per heavy atom. The summed E-state index contributed by atoms with van der Waals surface area (Å²) in [4.78, 5) is 0. The second kappa shape index (κ2) is 4.97. The molecule has 0 N–H and O–H groups in total. The van der Waals surface area contributed by atoms with Gasteiger partial charge in [-0.2, -0.15) is 0 Å². The van der Waals surface area contributed by atoms with Gasteiger partial charge in [0.2, 0.25) is 0 Å². The van der Waals surface area contributed by atoms with E-state index in [-0.39, 0.29) is 0 Å². The van der Waals surface area contributed by atoms with Crippen LogP contribution in [-0.4, -0.2) is 4.21 Å². The Kier molecular flexibility index (Phi) is 2.97. The normalized spacial score (nSPS) is 59.0. The standard InChI is InChI=1S/C24H32OS/c25-26-13-21(23-7-15-1-16(8-23)3-17(2-15)9-23)22(14-26)24-10-18-4-19(11-24)6-20(5-18)12-24/h13-20H,1-12H2. The Hall–Kier alpha value is -0.370. The smallest absolute Gasteiger partial charge is 0.0708 e. The van der Waals surface area contributed by atoms with Crippen molar-refractivity contribution in [1.29, 1.82) is 0 Å². The van der Waals surface area contributed by atoms with Crippen LogP contribution in [0.25, 0.3) is 0 Å². The second-order valence-corrected chi connectivity index (χ2v) is 12.9. The maximum Gasteiger partial charge on any atom is 0.0708 e. The highest BCUT2D eigenvalue weighted by molar-refractivity contribution is 7.91. The van der Waals surface area contributed by atoms with Crippen molar-refractivity contribution in [2.45, 2.75) is 77.0 Å². The first-order chi connectivity index (χ1) is 12.6. The molecule has 1 nitrogen and oxygen atoms in total. The highest BCUT2D eigenvalue weighted by Crippen LogP contribution is 2.69. The van der Waals surface area contributed by atoms with Gasteiger partial charge in [-0.3, -0.25) is 4.21 Å². The van der Waals surface area contributed by atoms with E-state index in [1.165, 1.54) is 77.0 Å². The zero-order chi connectivity index (χ0) is 17.1. The van der Waals surface area contributed by atoms with Crippen LogP contribution in [-0.2, 0) is 10.8 Å². The van der Waals surface area contributed by atoms with Gasteiger partial charge in [-0.25, -0.2) is 0 Å². The Morgan fingerprint density at radius 2 is 0.846 bits per heavy atom. The molecule has 0 unspecified atom stereocenters. The van der Waals surface area contributed by atoms with Gasteiger partial charge in [-0.05, 0) is 135 Å². The van der Waals surface area contributed by atoms with Crippen molar-refractivity contribution < 1.29 is 4.21 Å². The first-order valence-corrected chi connectivity index (χ1v) is 12.7. The van der Waals surface area contributed by atoms with Gasteiger partial charge in [0.1, 0.15) is 0 Å². The van der Waals surface area contributed by atoms with Crippen molar-refractivity contribution >= 4 is 10.8 Å². The van der Waals surface area contributed by atoms with Gasteiger partial charge in [0.25, 0.3) is 0 Å². The molecule has 0 aromatic heterocycles. The maximum atomic E-state index is 12.8. The monoisotopic (exact) mass is 368 g/mol. The zero-order valence-electron chi connectivity index (χ0n) is 15.9. The molecule has 0 amide bonds. The Bertz CT molecular complexity index is 624. The lowest BCUT2D eigenvalue weighted by molar-refractivity contribution is -0.0451. The molecule has 1 aliphatic heterocycles. The fourth-order valence-corrected chi connectivity index (χ4v) is 11.4. The first kappa shape index (κ1) is 15.5. The van der Waals surface area contributed by atoms with Crippen LogP contribution in [0.2, 0.25) is 0 Å². The summed E-state index contributed by atoms with van der Waals surface area (Å²) in [7, 11) is -0.833. The zero-order valence-corrected chi connectivity index (χ0v) is 16.7. The van der Waals surface area contributed by atoms with Crippen LogP contribution >= 0.6 is 0 Å². The minimum atomic E-state index is -0.833. The highest BCUT2D eigenvalue weighted by Gasteiger charge is 2.58. The van der Waals surface area contributed by atoms with E-state index in [2.05, 4.69) is 10.8 Å². The molecule has 26 heavy (non-hydrogen) atoms. The number of rotatable bonds is 2. The summed E-state index contributed by atoms with van der Waals surface area (Å²) in [6.07, 6.45) is 17.6. The van der Waals surface area contributed by atoms with Crippen LogP contribution in [0.15, 0.2) is 22.0 Å². The van der Waals surface area contributed by atoms with Gasteiger partial charge < -0.3 is 0 Å². The third kappa shape index (κ3) is 2.01. The lowest BCUT2D eigenvalue weighted by Crippen LogP contribution is -2.50. The van der Waals surface area contributed by atoms with E-state index < -0.39 is 10.8 Å². The summed E-state index contributed by atoms with van der Waals surface area (Å²) in [5.41, 5.74) is 4.13. The Morgan fingerprint density at radius 1 is 0.577 bits per heavy atom. The molecule has 140 valence electrons. The quantitative estimate of drug-likeness (QED) is 0.588. The molecule has 9 rings (SSSR count). The summed E-state index contributed by atoms with van der Waals surface area (Å²) in [5.74, 6) is 5.88. The van der Waals surface area contributed by atoms with Crippen molar-refractivity contribution in [2.24, 2.45) is 46.3 Å². The lowest BCUT2D eigenvalue weighted by Gasteiger charge is -2.61. The van der Waals surface area contributed by atoms with E-state index in [4.69, 9.17) is 0 Å². The molecule has 0 atom stereocenters. The van der Waals surface area contributed by atoms with E-state index in [0.717, 1.165) is 35.5 Å². The Balaban J connectivity index is 1.31. The third-order valence-corrected chi connectivity index (χ3v) is 10.9. The van der Waals surface area contributed by atoms with Crippen molar-refractivity contribution in [3.8, 4) is 0 Å². The molecular formula is C24H32OS. The number of hydrogen-bond acceptors (Lipinski definition) is 1. The average Bonchev–Trinajstić information content (AvgIpc) is 2.96. The van der Waals surface area contributed by atoms with Crippen LogP contribution in [0.3, 0.4) is 0 Å². The molecule has 0 spiro atoms. The summed E-state index contributed by atoms with van der Waals surface area (Å²) >= 11 is 0. The van der Waals surface area contributed by atoms with Crippen LogP contribution in [0, 0.1) is 46.3 Å². The summed E-state index contributed by atoms with van der Waals surface area (Å²) in [6, 6.07) is 0. The average molecular weight is 369 g/mol. The molecule has 8 saturated carbocycles. The second-order valence-electron chi connectivity index (χ2n) is 11.8. The lowest BCUT2D eigenvalue weighted by atomic mass is 9.43. The topological polar surface area (TPSA) is 17.1 Å². The van der Waals surface area contributed by atoms with Crippen LogP contribution in [0.4, 0.5) is 0 Å². The summed E-state index contributed by atoms with van der Waals surface area (Å²) in [6.45, 7) is 0. The van der Waals surface area contributed by atoms with Crippen molar-refractivity contribution in [3.05, 3.63) is 22.0 Å². The number of allylic oxidation sites excluding steroid dienone is 2. The van der Waals surface area contributed by atoms with E-state index in [0.29, 0.717) is 10.8 Å². The van der Waals surface area contributed by atoms with Gasteiger partial charge >= 0.3 is 0 Å². The minimum Gasteiger partial charge on any atom is -0.250 e. The molecule has 0 aromatic rings. The Labute approximate surface area is 160 Å². The highest BCUT2D eigenvalue weighted by atomic mass is 32.2. The van der Waals surface area contributed by atoms with Crippen molar-refractivity contribution in [3.63, 3.8) is 0 Å². The molecule has 8 fully saturated rings. The fourth-order valence-electron chi connectivity index (χ4n) is 10.1. The van der Waals surface area contributed by atoms with Gasteiger partial charge in [0.05, 0.1) is 10.8 Å². The summed E-state index contributed by atoms with van der Waals surface area (Å²) in [5, 5.41) is 4.50. The van der Waals surface area contributed by atoms with E-state index in [9.17, 15) is 4.21 Å². The molecule has 0 saturated heterocycles. The fraction of sp³-hybridized carbons (Fsp3) is 0.833. The third-order valence-electron chi connectivity index (χ3n) is 9.98. The van der Waals surface area contributed by atoms with E-state index in [1.807, 2.05) is 0 Å². The van der Waals surface area contributed by atoms with Gasteiger partial charge in [-0.15, -0.1) is 0 Å². The minimum absolute atomic E-state index is 0.427. The molecule has 8 bridgehead atoms. The summed E-state index contributed by atoms with van der Waals surface area (Å²) < 4.78 is 12.8. The van der Waals surface area contributed by atoms with Gasteiger partial charge in [0.15, 0.2) is 0 Å². The molecule has 9 aliphatic rings. The predicted molar refractivity (Wildman–Crippen MR) is 106 cm³/mol. The molecule has 0 radical (unpaired) electrons. The van der Waals surface area contributed by atoms with Crippen molar-refractivity contribution in [1.82, 2.24) is 0 Å². The van der Waals surface area contributed by atoms with Gasteiger partial charge in [-0.1, -0.05) is 0 Å².